The van der Waals surface area contributed by atoms with Crippen molar-refractivity contribution in [3.8, 4) is 11.5 Å². The zero-order valence-electron chi connectivity index (χ0n) is 27.3. The summed E-state index contributed by atoms with van der Waals surface area (Å²) in [5.74, 6) is 2.75. The van der Waals surface area contributed by atoms with E-state index in [2.05, 4.69) is 32.6 Å². The minimum Gasteiger partial charge on any atom is -0.497 e. The number of hydrogen-bond acceptors (Lipinski definition) is 6. The van der Waals surface area contributed by atoms with Crippen LogP contribution in [0.5, 0.6) is 11.5 Å². The summed E-state index contributed by atoms with van der Waals surface area (Å²) in [5, 5.41) is 31.5. The number of aliphatic hydroxyl groups is 3. The summed E-state index contributed by atoms with van der Waals surface area (Å²) in [6.07, 6.45) is 11.9. The van der Waals surface area contributed by atoms with Gasteiger partial charge in [-0.1, -0.05) is 38.2 Å². The molecule has 0 radical (unpaired) electrons. The second-order valence-electron chi connectivity index (χ2n) is 14.5. The zero-order valence-corrected chi connectivity index (χ0v) is 27.3. The van der Waals surface area contributed by atoms with Crippen LogP contribution in [0, 0.1) is 23.2 Å². The van der Waals surface area contributed by atoms with E-state index in [-0.39, 0.29) is 17.4 Å². The topological polar surface area (TPSA) is 99.5 Å². The number of benzene rings is 1. The Kier molecular flexibility index (Phi) is 9.69. The van der Waals surface area contributed by atoms with Crippen molar-refractivity contribution in [3.05, 3.63) is 59.2 Å². The standard InChI is InChI=1S/C37H53NO6/c1-23(16-28-22-37(4,42)35(41)38(28)15-13-25-17-30(43-5)21-31(18-25)44-6)32-11-12-33-26(8-7-14-36(32,33)3)9-10-27-19-29(39)20-34(40)24(27)2/h9-10,17-18,21,23,28-29,32-34,39-40,42H,2,7-8,11-16,19-20,22H2,1,3-6H3/b26-9+,27-10-/t23-,28+,29-,32-,33+,34+,36-,37-/m1/s1. The molecule has 4 aliphatic rings. The molecule has 242 valence electrons. The van der Waals surface area contributed by atoms with E-state index in [1.54, 1.807) is 21.1 Å². The number of carbonyl (C=O) groups excluding carboxylic acids is 1. The van der Waals surface area contributed by atoms with E-state index in [4.69, 9.17) is 9.47 Å². The summed E-state index contributed by atoms with van der Waals surface area (Å²) >= 11 is 0. The first-order chi connectivity index (χ1) is 20.9. The van der Waals surface area contributed by atoms with Gasteiger partial charge in [0.2, 0.25) is 0 Å². The normalized spacial score (nSPS) is 36.6. The third kappa shape index (κ3) is 6.52. The quantitative estimate of drug-likeness (QED) is 0.330. The first kappa shape index (κ1) is 32.8. The molecule has 7 nitrogen and oxygen atoms in total. The summed E-state index contributed by atoms with van der Waals surface area (Å²) in [6.45, 7) is 11.1. The summed E-state index contributed by atoms with van der Waals surface area (Å²) in [7, 11) is 3.27. The molecule has 4 fully saturated rings. The van der Waals surface area contributed by atoms with Gasteiger partial charge >= 0.3 is 0 Å². The summed E-state index contributed by atoms with van der Waals surface area (Å²) in [6, 6.07) is 5.81. The van der Waals surface area contributed by atoms with E-state index in [1.807, 2.05) is 23.1 Å². The Balaban J connectivity index is 1.29. The lowest BCUT2D eigenvalue weighted by Gasteiger charge is -2.45. The fourth-order valence-electron chi connectivity index (χ4n) is 9.16. The Morgan fingerprint density at radius 2 is 1.82 bits per heavy atom. The molecule has 0 bridgehead atoms. The maximum atomic E-state index is 13.4. The highest BCUT2D eigenvalue weighted by Crippen LogP contribution is 2.60. The number of ether oxygens (including phenoxy) is 2. The van der Waals surface area contributed by atoms with Crippen LogP contribution >= 0.6 is 0 Å². The highest BCUT2D eigenvalue weighted by Gasteiger charge is 2.53. The molecule has 1 heterocycles. The molecule has 44 heavy (non-hydrogen) atoms. The van der Waals surface area contributed by atoms with Crippen LogP contribution in [0.1, 0.15) is 84.1 Å². The molecule has 1 aromatic carbocycles. The summed E-state index contributed by atoms with van der Waals surface area (Å²) < 4.78 is 10.9. The second kappa shape index (κ2) is 13.0. The van der Waals surface area contributed by atoms with Crippen LogP contribution in [0.15, 0.2) is 53.6 Å². The molecule has 7 heteroatoms. The van der Waals surface area contributed by atoms with Gasteiger partial charge in [0.25, 0.3) is 5.91 Å². The van der Waals surface area contributed by atoms with Crippen LogP contribution in [-0.2, 0) is 11.2 Å². The number of allylic oxidation sites excluding steroid dienone is 3. The zero-order chi connectivity index (χ0) is 31.8. The van der Waals surface area contributed by atoms with Gasteiger partial charge in [0, 0.05) is 31.5 Å². The molecule has 1 saturated heterocycles. The molecule has 1 amide bonds. The number of aliphatic hydroxyl groups excluding tert-OH is 2. The summed E-state index contributed by atoms with van der Waals surface area (Å²) in [4.78, 5) is 15.3. The van der Waals surface area contributed by atoms with Gasteiger partial charge in [0.15, 0.2) is 0 Å². The van der Waals surface area contributed by atoms with Crippen molar-refractivity contribution < 1.29 is 29.6 Å². The fourth-order valence-corrected chi connectivity index (χ4v) is 9.16. The average Bonchev–Trinajstić information content (AvgIpc) is 3.45. The van der Waals surface area contributed by atoms with Crippen molar-refractivity contribution in [2.24, 2.45) is 23.2 Å². The Morgan fingerprint density at radius 3 is 2.50 bits per heavy atom. The lowest BCUT2D eigenvalue weighted by atomic mass is 9.60. The number of hydrogen-bond donors (Lipinski definition) is 3. The molecule has 1 aromatic rings. The molecular formula is C37H53NO6. The van der Waals surface area contributed by atoms with E-state index in [9.17, 15) is 20.1 Å². The lowest BCUT2D eigenvalue weighted by Crippen LogP contribution is -2.41. The van der Waals surface area contributed by atoms with Crippen molar-refractivity contribution in [2.45, 2.75) is 109 Å². The average molecular weight is 608 g/mol. The van der Waals surface area contributed by atoms with Gasteiger partial charge in [0.05, 0.1) is 26.4 Å². The van der Waals surface area contributed by atoms with Gasteiger partial charge in [-0.3, -0.25) is 4.79 Å². The third-order valence-electron chi connectivity index (χ3n) is 11.5. The van der Waals surface area contributed by atoms with Gasteiger partial charge in [-0.2, -0.15) is 0 Å². The number of nitrogens with zero attached hydrogens (tertiary/aromatic N) is 1. The number of likely N-dealkylation sites (tertiary alicyclic amines) is 1. The van der Waals surface area contributed by atoms with Gasteiger partial charge < -0.3 is 29.7 Å². The van der Waals surface area contributed by atoms with Crippen LogP contribution in [0.4, 0.5) is 0 Å². The number of rotatable bonds is 9. The molecule has 0 unspecified atom stereocenters. The third-order valence-corrected chi connectivity index (χ3v) is 11.5. The maximum absolute atomic E-state index is 13.4. The second-order valence-corrected chi connectivity index (χ2v) is 14.5. The smallest absolute Gasteiger partial charge is 0.254 e. The van der Waals surface area contributed by atoms with Gasteiger partial charge in [-0.25, -0.2) is 0 Å². The van der Waals surface area contributed by atoms with Crippen molar-refractivity contribution in [1.82, 2.24) is 4.90 Å². The SMILES string of the molecule is C=C1/C(=C\C=C2/CCC[C@]3(C)[C@@H]([C@H](C)C[C@H]4C[C@@](C)(O)C(=O)N4CCc4cc(OC)cc(OC)c4)CC[C@@H]23)C[C@@H](O)C[C@@H]1O. The molecule has 5 rings (SSSR count). The monoisotopic (exact) mass is 607 g/mol. The van der Waals surface area contributed by atoms with E-state index in [0.29, 0.717) is 50.0 Å². The van der Waals surface area contributed by atoms with E-state index in [0.717, 1.165) is 53.9 Å². The molecule has 3 aliphatic carbocycles. The Hall–Kier alpha value is -2.61. The minimum absolute atomic E-state index is 0.00107. The molecule has 3 N–H and O–H groups in total. The minimum atomic E-state index is -1.34. The van der Waals surface area contributed by atoms with Crippen LogP contribution in [0.2, 0.25) is 0 Å². The van der Waals surface area contributed by atoms with Crippen molar-refractivity contribution in [3.63, 3.8) is 0 Å². The number of amides is 1. The molecular weight excluding hydrogens is 554 g/mol. The first-order valence-corrected chi connectivity index (χ1v) is 16.6. The molecule has 8 atom stereocenters. The molecule has 0 aromatic heterocycles. The first-order valence-electron chi connectivity index (χ1n) is 16.6. The van der Waals surface area contributed by atoms with E-state index >= 15 is 0 Å². The molecule has 3 saturated carbocycles. The Bertz CT molecular complexity index is 1280. The Labute approximate surface area is 263 Å². The van der Waals surface area contributed by atoms with Crippen LogP contribution in [0.25, 0.3) is 0 Å². The van der Waals surface area contributed by atoms with Crippen LogP contribution in [-0.4, -0.2) is 70.7 Å². The maximum Gasteiger partial charge on any atom is 0.254 e. The largest absolute Gasteiger partial charge is 0.497 e. The highest BCUT2D eigenvalue weighted by atomic mass is 16.5. The van der Waals surface area contributed by atoms with Crippen LogP contribution < -0.4 is 9.47 Å². The van der Waals surface area contributed by atoms with Crippen molar-refractivity contribution in [1.29, 1.82) is 0 Å². The van der Waals surface area contributed by atoms with Crippen LogP contribution in [0.3, 0.4) is 0 Å². The Morgan fingerprint density at radius 1 is 1.11 bits per heavy atom. The number of methoxy groups -OCH3 is 2. The molecule has 1 aliphatic heterocycles. The van der Waals surface area contributed by atoms with Crippen molar-refractivity contribution >= 4 is 5.91 Å². The molecule has 0 spiro atoms. The number of fused-ring (bicyclic) bond motifs is 1. The predicted octanol–water partition coefficient (Wildman–Crippen LogP) is 5.77. The fraction of sp³-hybridized carbons (Fsp3) is 0.649. The number of carbonyl (C=O) groups is 1. The van der Waals surface area contributed by atoms with Gasteiger partial charge in [-0.15, -0.1) is 0 Å². The van der Waals surface area contributed by atoms with Gasteiger partial charge in [-0.05, 0) is 110 Å². The lowest BCUT2D eigenvalue weighted by molar-refractivity contribution is -0.142. The predicted molar refractivity (Wildman–Crippen MR) is 172 cm³/mol. The van der Waals surface area contributed by atoms with Gasteiger partial charge in [0.1, 0.15) is 17.1 Å². The highest BCUT2D eigenvalue weighted by molar-refractivity contribution is 5.87. The summed E-state index contributed by atoms with van der Waals surface area (Å²) in [5.41, 5.74) is 3.08. The van der Waals surface area contributed by atoms with E-state index in [1.165, 1.54) is 18.4 Å². The van der Waals surface area contributed by atoms with E-state index < -0.39 is 17.8 Å². The van der Waals surface area contributed by atoms with Crippen molar-refractivity contribution in [2.75, 3.05) is 20.8 Å².